The van der Waals surface area contributed by atoms with Gasteiger partial charge in [-0.05, 0) is 55.0 Å². The molecule has 4 aromatic rings. The number of carbonyl (C=O) groups excluding carboxylic acids is 1. The van der Waals surface area contributed by atoms with Crippen molar-refractivity contribution in [1.82, 2.24) is 14.8 Å². The largest absolute Gasteiger partial charge is 0.497 e. The van der Waals surface area contributed by atoms with Crippen LogP contribution in [0, 0.1) is 6.92 Å². The zero-order valence-electron chi connectivity index (χ0n) is 17.9. The van der Waals surface area contributed by atoms with Crippen LogP contribution < -0.4 is 10.1 Å². The minimum absolute atomic E-state index is 0.299. The molecule has 6 nitrogen and oxygen atoms in total. The second kappa shape index (κ2) is 10.2. The van der Waals surface area contributed by atoms with Gasteiger partial charge in [-0.3, -0.25) is 10.1 Å². The smallest absolute Gasteiger partial charge is 0.250 e. The van der Waals surface area contributed by atoms with Crippen LogP contribution in [0.15, 0.2) is 60.0 Å². The van der Waals surface area contributed by atoms with Gasteiger partial charge in [0, 0.05) is 27.6 Å². The Morgan fingerprint density at radius 2 is 1.88 bits per heavy atom. The number of aryl methyl sites for hydroxylation is 1. The van der Waals surface area contributed by atoms with Crippen LogP contribution in [0.4, 0.5) is 5.13 Å². The van der Waals surface area contributed by atoms with E-state index in [0.717, 1.165) is 28.3 Å². The third-order valence-corrected chi connectivity index (χ3v) is 6.28. The van der Waals surface area contributed by atoms with Crippen molar-refractivity contribution in [2.24, 2.45) is 0 Å². The van der Waals surface area contributed by atoms with Gasteiger partial charge in [0.25, 0.3) is 0 Å². The number of methoxy groups -OCH3 is 1. The van der Waals surface area contributed by atoms with Gasteiger partial charge >= 0.3 is 0 Å². The Balaban J connectivity index is 1.42. The molecular weight excluding hydrogens is 479 g/mol. The average molecular weight is 499 g/mol. The first-order valence-corrected chi connectivity index (χ1v) is 11.6. The summed E-state index contributed by atoms with van der Waals surface area (Å²) >= 11 is 13.8. The van der Waals surface area contributed by atoms with Crippen molar-refractivity contribution >= 4 is 51.7 Å². The van der Waals surface area contributed by atoms with E-state index in [1.807, 2.05) is 60.8 Å². The van der Waals surface area contributed by atoms with Crippen LogP contribution in [0.1, 0.15) is 16.8 Å². The normalized spacial score (nSPS) is 11.2. The van der Waals surface area contributed by atoms with Crippen LogP contribution in [0.2, 0.25) is 10.2 Å². The van der Waals surface area contributed by atoms with Crippen LogP contribution >= 0.6 is 34.5 Å². The third kappa shape index (κ3) is 5.63. The Kier molecular flexibility index (Phi) is 7.13. The fourth-order valence-electron chi connectivity index (χ4n) is 3.16. The summed E-state index contributed by atoms with van der Waals surface area (Å²) in [5.41, 5.74) is 4.17. The highest BCUT2D eigenvalue weighted by molar-refractivity contribution is 7.14. The van der Waals surface area contributed by atoms with E-state index in [-0.39, 0.29) is 5.91 Å². The summed E-state index contributed by atoms with van der Waals surface area (Å²) in [7, 11) is 1.62. The first-order valence-electron chi connectivity index (χ1n) is 9.99. The Labute approximate surface area is 205 Å². The zero-order valence-corrected chi connectivity index (χ0v) is 20.2. The molecule has 1 amide bonds. The zero-order chi connectivity index (χ0) is 23.4. The first kappa shape index (κ1) is 23.0. The summed E-state index contributed by atoms with van der Waals surface area (Å²) < 4.78 is 6.87. The fourth-order valence-corrected chi connectivity index (χ4v) is 4.30. The highest BCUT2D eigenvalue weighted by Crippen LogP contribution is 2.27. The second-order valence-electron chi connectivity index (χ2n) is 7.16. The van der Waals surface area contributed by atoms with Gasteiger partial charge in [-0.15, -0.1) is 11.3 Å². The first-order chi connectivity index (χ1) is 15.9. The van der Waals surface area contributed by atoms with Crippen LogP contribution in [-0.4, -0.2) is 27.8 Å². The third-order valence-electron chi connectivity index (χ3n) is 4.88. The molecule has 2 aromatic heterocycles. The summed E-state index contributed by atoms with van der Waals surface area (Å²) in [5, 5.41) is 10.8. The molecule has 168 valence electrons. The topological polar surface area (TPSA) is 69.0 Å². The molecule has 0 radical (unpaired) electrons. The number of hydrogen-bond donors (Lipinski definition) is 1. The Bertz CT molecular complexity index is 1300. The van der Waals surface area contributed by atoms with Gasteiger partial charge in [0.05, 0.1) is 25.0 Å². The quantitative estimate of drug-likeness (QED) is 0.302. The molecule has 1 N–H and O–H groups in total. The molecule has 0 spiro atoms. The molecule has 2 heterocycles. The molecule has 0 aliphatic rings. The van der Waals surface area contributed by atoms with Crippen LogP contribution in [-0.2, 0) is 11.3 Å². The molecule has 2 aromatic carbocycles. The maximum atomic E-state index is 12.4. The molecule has 0 atom stereocenters. The van der Waals surface area contributed by atoms with Gasteiger partial charge < -0.3 is 4.74 Å². The van der Waals surface area contributed by atoms with E-state index in [2.05, 4.69) is 15.4 Å². The van der Waals surface area contributed by atoms with E-state index in [9.17, 15) is 4.79 Å². The number of ether oxygens (including phenoxy) is 1. The summed E-state index contributed by atoms with van der Waals surface area (Å²) in [5.74, 6) is 0.477. The van der Waals surface area contributed by atoms with Crippen molar-refractivity contribution in [2.45, 2.75) is 13.5 Å². The van der Waals surface area contributed by atoms with Crippen molar-refractivity contribution in [1.29, 1.82) is 0 Å². The lowest BCUT2D eigenvalue weighted by Gasteiger charge is -2.03. The molecule has 0 unspecified atom stereocenters. The molecule has 0 fully saturated rings. The maximum absolute atomic E-state index is 12.4. The summed E-state index contributed by atoms with van der Waals surface area (Å²) in [6, 6.07) is 15.1. The minimum Gasteiger partial charge on any atom is -0.497 e. The lowest BCUT2D eigenvalue weighted by atomic mass is 10.2. The van der Waals surface area contributed by atoms with Crippen molar-refractivity contribution < 1.29 is 9.53 Å². The Morgan fingerprint density at radius 3 is 2.58 bits per heavy atom. The van der Waals surface area contributed by atoms with Gasteiger partial charge in [-0.25, -0.2) is 9.67 Å². The van der Waals surface area contributed by atoms with E-state index in [1.165, 1.54) is 17.4 Å². The van der Waals surface area contributed by atoms with E-state index < -0.39 is 0 Å². The predicted molar refractivity (Wildman–Crippen MR) is 134 cm³/mol. The van der Waals surface area contributed by atoms with E-state index in [4.69, 9.17) is 27.9 Å². The van der Waals surface area contributed by atoms with Crippen LogP contribution in [0.5, 0.6) is 5.75 Å². The maximum Gasteiger partial charge on any atom is 0.250 e. The lowest BCUT2D eigenvalue weighted by Crippen LogP contribution is -2.07. The highest BCUT2D eigenvalue weighted by Gasteiger charge is 2.12. The molecular formula is C24H20Cl2N4O2S. The summed E-state index contributed by atoms with van der Waals surface area (Å²) in [6.07, 6.45) is 3.09. The number of benzene rings is 2. The molecule has 0 saturated carbocycles. The van der Waals surface area contributed by atoms with Gasteiger partial charge in [0.2, 0.25) is 5.91 Å². The molecule has 0 saturated heterocycles. The molecule has 0 aliphatic carbocycles. The number of nitrogens with zero attached hydrogens (tertiary/aromatic N) is 3. The fraction of sp³-hybridized carbons (Fsp3) is 0.125. The minimum atomic E-state index is -0.299. The number of halogens is 2. The Hall–Kier alpha value is -3.13. The number of amides is 1. The predicted octanol–water partition coefficient (Wildman–Crippen LogP) is 6.33. The molecule has 0 bridgehead atoms. The van der Waals surface area contributed by atoms with Crippen molar-refractivity contribution in [3.8, 4) is 17.0 Å². The standard InChI is InChI=1S/C24H20Cl2N4O2S/c1-15-20(23(26)30(29-15)13-16-3-7-18(25)8-4-16)11-12-22(31)28-24-27-21(14-33-24)17-5-9-19(32-2)10-6-17/h3-12,14H,13H2,1-2H3,(H,27,28,31). The van der Waals surface area contributed by atoms with E-state index in [1.54, 1.807) is 17.9 Å². The van der Waals surface area contributed by atoms with Crippen molar-refractivity contribution in [3.63, 3.8) is 0 Å². The second-order valence-corrected chi connectivity index (χ2v) is 8.82. The number of anilines is 1. The molecule has 33 heavy (non-hydrogen) atoms. The van der Waals surface area contributed by atoms with E-state index in [0.29, 0.717) is 27.4 Å². The summed E-state index contributed by atoms with van der Waals surface area (Å²) in [6.45, 7) is 2.36. The van der Waals surface area contributed by atoms with Crippen LogP contribution in [0.25, 0.3) is 17.3 Å². The monoisotopic (exact) mass is 498 g/mol. The average Bonchev–Trinajstić information content (AvgIpc) is 3.38. The van der Waals surface area contributed by atoms with E-state index >= 15 is 0 Å². The van der Waals surface area contributed by atoms with Crippen molar-refractivity contribution in [3.05, 3.63) is 87.0 Å². The number of carbonyl (C=O) groups is 1. The number of aromatic nitrogens is 3. The van der Waals surface area contributed by atoms with Gasteiger partial charge in [0.1, 0.15) is 10.9 Å². The molecule has 9 heteroatoms. The number of nitrogens with one attached hydrogen (secondary N) is 1. The van der Waals surface area contributed by atoms with Crippen molar-refractivity contribution in [2.75, 3.05) is 12.4 Å². The highest BCUT2D eigenvalue weighted by atomic mass is 35.5. The lowest BCUT2D eigenvalue weighted by molar-refractivity contribution is -0.111. The molecule has 4 rings (SSSR count). The summed E-state index contributed by atoms with van der Waals surface area (Å²) in [4.78, 5) is 16.9. The van der Waals surface area contributed by atoms with Gasteiger partial charge in [0.15, 0.2) is 5.13 Å². The Morgan fingerprint density at radius 1 is 1.15 bits per heavy atom. The molecule has 0 aliphatic heterocycles. The number of rotatable bonds is 7. The van der Waals surface area contributed by atoms with Gasteiger partial charge in [-0.2, -0.15) is 5.10 Å². The number of hydrogen-bond acceptors (Lipinski definition) is 5. The number of thiazole rings is 1. The van der Waals surface area contributed by atoms with Crippen LogP contribution in [0.3, 0.4) is 0 Å². The van der Waals surface area contributed by atoms with Gasteiger partial charge in [-0.1, -0.05) is 35.3 Å². The SMILES string of the molecule is COc1ccc(-c2csc(NC(=O)C=Cc3c(C)nn(Cc4ccc(Cl)cc4)c3Cl)n2)cc1.